The normalized spacial score (nSPS) is 10.4. The number of rotatable bonds is 2. The molecule has 0 atom stereocenters. The highest BCUT2D eigenvalue weighted by molar-refractivity contribution is 5.81. The van der Waals surface area contributed by atoms with Crippen LogP contribution < -0.4 is 5.73 Å². The molecule has 3 rings (SSSR count). The molecule has 0 bridgehead atoms. The van der Waals surface area contributed by atoms with Gasteiger partial charge in [0.25, 0.3) is 0 Å². The van der Waals surface area contributed by atoms with E-state index in [0.717, 1.165) is 29.3 Å². The van der Waals surface area contributed by atoms with Gasteiger partial charge in [0.1, 0.15) is 29.1 Å². The van der Waals surface area contributed by atoms with Crippen molar-refractivity contribution in [2.45, 2.75) is 6.92 Å². The molecule has 3 nitrogen and oxygen atoms in total. The molecule has 5 heteroatoms. The maximum Gasteiger partial charge on any atom is 0.142 e. The topological polar surface area (TPSA) is 62.7 Å². The summed E-state index contributed by atoms with van der Waals surface area (Å²) in [7, 11) is 0. The van der Waals surface area contributed by atoms with Crippen molar-refractivity contribution in [2.75, 3.05) is 5.73 Å². The van der Waals surface area contributed by atoms with Crippen molar-refractivity contribution in [3.8, 4) is 28.5 Å². The predicted molar refractivity (Wildman–Crippen MR) is 88.9 cm³/mol. The van der Waals surface area contributed by atoms with E-state index in [1.807, 2.05) is 37.3 Å². The molecule has 0 saturated heterocycles. The number of aryl methyl sites for hydroxylation is 1. The predicted octanol–water partition coefficient (Wildman–Crippen LogP) is 4.46. The van der Waals surface area contributed by atoms with Crippen LogP contribution in [0.1, 0.15) is 11.1 Å². The molecule has 3 aromatic rings. The summed E-state index contributed by atoms with van der Waals surface area (Å²) in [5.41, 5.74) is 8.40. The lowest BCUT2D eigenvalue weighted by molar-refractivity contribution is 0.603. The zero-order chi connectivity index (χ0) is 17.3. The van der Waals surface area contributed by atoms with Gasteiger partial charge in [-0.2, -0.15) is 5.26 Å². The molecule has 0 aliphatic heterocycles. The molecule has 1 heterocycles. The molecule has 0 radical (unpaired) electrons. The van der Waals surface area contributed by atoms with Gasteiger partial charge in [-0.3, -0.25) is 0 Å². The van der Waals surface area contributed by atoms with Crippen LogP contribution in [0.4, 0.5) is 14.6 Å². The fourth-order valence-electron chi connectivity index (χ4n) is 2.60. The second kappa shape index (κ2) is 6.09. The SMILES string of the molecule is Cc1ccccc1-c1cc(-c2cc(F)ccc2F)c(C#N)c(N)n1. The highest BCUT2D eigenvalue weighted by Gasteiger charge is 2.17. The highest BCUT2D eigenvalue weighted by atomic mass is 19.1. The molecule has 0 unspecified atom stereocenters. The summed E-state index contributed by atoms with van der Waals surface area (Å²) in [5.74, 6) is -1.24. The number of halogens is 2. The summed E-state index contributed by atoms with van der Waals surface area (Å²) in [6.45, 7) is 1.91. The molecule has 0 saturated carbocycles. The van der Waals surface area contributed by atoms with Crippen LogP contribution in [0.25, 0.3) is 22.4 Å². The number of nitrogen functional groups attached to an aromatic ring is 1. The summed E-state index contributed by atoms with van der Waals surface area (Å²) in [6, 6.07) is 14.1. The Hall–Kier alpha value is -3.26. The van der Waals surface area contributed by atoms with Crippen LogP contribution in [0, 0.1) is 29.9 Å². The lowest BCUT2D eigenvalue weighted by Crippen LogP contribution is -2.01. The van der Waals surface area contributed by atoms with Crippen LogP contribution in [0.15, 0.2) is 48.5 Å². The van der Waals surface area contributed by atoms with Crippen LogP contribution in [-0.4, -0.2) is 4.98 Å². The third-order valence-electron chi connectivity index (χ3n) is 3.80. The van der Waals surface area contributed by atoms with Gasteiger partial charge < -0.3 is 5.73 Å². The van der Waals surface area contributed by atoms with Crippen LogP contribution in [0.2, 0.25) is 0 Å². The van der Waals surface area contributed by atoms with E-state index in [9.17, 15) is 14.0 Å². The van der Waals surface area contributed by atoms with E-state index in [1.54, 1.807) is 6.07 Å². The van der Waals surface area contributed by atoms with E-state index < -0.39 is 11.6 Å². The van der Waals surface area contributed by atoms with Gasteiger partial charge in [-0.15, -0.1) is 0 Å². The van der Waals surface area contributed by atoms with Crippen LogP contribution in [0.5, 0.6) is 0 Å². The van der Waals surface area contributed by atoms with Gasteiger partial charge in [0.05, 0.1) is 5.69 Å². The molecule has 0 fully saturated rings. The van der Waals surface area contributed by atoms with E-state index >= 15 is 0 Å². The summed E-state index contributed by atoms with van der Waals surface area (Å²) in [6.07, 6.45) is 0. The second-order valence-electron chi connectivity index (χ2n) is 5.37. The highest BCUT2D eigenvalue weighted by Crippen LogP contribution is 2.33. The van der Waals surface area contributed by atoms with Crippen molar-refractivity contribution in [2.24, 2.45) is 0 Å². The molecular formula is C19H13F2N3. The van der Waals surface area contributed by atoms with Gasteiger partial charge >= 0.3 is 0 Å². The summed E-state index contributed by atoms with van der Waals surface area (Å²) in [5, 5.41) is 9.35. The molecule has 1 aromatic heterocycles. The summed E-state index contributed by atoms with van der Waals surface area (Å²) >= 11 is 0. The van der Waals surface area contributed by atoms with E-state index in [1.165, 1.54) is 0 Å². The molecule has 0 amide bonds. The third-order valence-corrected chi connectivity index (χ3v) is 3.80. The Balaban J connectivity index is 2.32. The van der Waals surface area contributed by atoms with Gasteiger partial charge in [-0.1, -0.05) is 24.3 Å². The van der Waals surface area contributed by atoms with E-state index in [4.69, 9.17) is 5.73 Å². The van der Waals surface area contributed by atoms with Gasteiger partial charge in [0, 0.05) is 16.7 Å². The molecule has 118 valence electrons. The molecular weight excluding hydrogens is 308 g/mol. The summed E-state index contributed by atoms with van der Waals surface area (Å²) < 4.78 is 27.7. The molecule has 0 spiro atoms. The fraction of sp³-hybridized carbons (Fsp3) is 0.0526. The maximum absolute atomic E-state index is 14.2. The number of nitriles is 1. The molecule has 0 aliphatic rings. The number of aromatic nitrogens is 1. The van der Waals surface area contributed by atoms with Crippen LogP contribution >= 0.6 is 0 Å². The number of pyridine rings is 1. The van der Waals surface area contributed by atoms with Crippen molar-refractivity contribution < 1.29 is 8.78 Å². The van der Waals surface area contributed by atoms with E-state index in [2.05, 4.69) is 4.98 Å². The monoisotopic (exact) mass is 321 g/mol. The second-order valence-corrected chi connectivity index (χ2v) is 5.37. The minimum atomic E-state index is -0.630. The number of hydrogen-bond donors (Lipinski definition) is 1. The number of benzene rings is 2. The van der Waals surface area contributed by atoms with Crippen LogP contribution in [-0.2, 0) is 0 Å². The van der Waals surface area contributed by atoms with Crippen molar-refractivity contribution in [1.82, 2.24) is 4.98 Å². The van der Waals surface area contributed by atoms with E-state index in [-0.39, 0.29) is 22.5 Å². The van der Waals surface area contributed by atoms with Crippen molar-refractivity contribution in [1.29, 1.82) is 5.26 Å². The zero-order valence-corrected chi connectivity index (χ0v) is 12.8. The minimum absolute atomic E-state index is 0.0167. The number of nitrogens with zero attached hydrogens (tertiary/aromatic N) is 2. The molecule has 0 aliphatic carbocycles. The van der Waals surface area contributed by atoms with Crippen molar-refractivity contribution >= 4 is 5.82 Å². The van der Waals surface area contributed by atoms with Crippen LogP contribution in [0.3, 0.4) is 0 Å². The van der Waals surface area contributed by atoms with Crippen molar-refractivity contribution in [3.05, 3.63) is 71.3 Å². The Labute approximate surface area is 138 Å². The Kier molecular flexibility index (Phi) is 3.97. The Bertz CT molecular complexity index is 975. The number of anilines is 1. The average molecular weight is 321 g/mol. The van der Waals surface area contributed by atoms with Gasteiger partial charge in [-0.05, 0) is 36.8 Å². The smallest absolute Gasteiger partial charge is 0.142 e. The zero-order valence-electron chi connectivity index (χ0n) is 12.8. The maximum atomic E-state index is 14.2. The third kappa shape index (κ3) is 2.70. The first-order valence-electron chi connectivity index (χ1n) is 7.23. The minimum Gasteiger partial charge on any atom is -0.383 e. The largest absolute Gasteiger partial charge is 0.383 e. The summed E-state index contributed by atoms with van der Waals surface area (Å²) in [4.78, 5) is 4.25. The Morgan fingerprint density at radius 1 is 1.00 bits per heavy atom. The first kappa shape index (κ1) is 15.6. The van der Waals surface area contributed by atoms with Gasteiger partial charge in [0.2, 0.25) is 0 Å². The first-order chi connectivity index (χ1) is 11.5. The quantitative estimate of drug-likeness (QED) is 0.758. The number of nitrogens with two attached hydrogens (primary N) is 1. The lowest BCUT2D eigenvalue weighted by Gasteiger charge is -2.12. The van der Waals surface area contributed by atoms with E-state index in [0.29, 0.717) is 5.69 Å². The standard InChI is InChI=1S/C19H13F2N3/c1-11-4-2-3-5-13(11)18-9-14(16(10-22)19(23)24-18)15-8-12(20)6-7-17(15)21/h2-9H,1H3,(H2,23,24). The lowest BCUT2D eigenvalue weighted by atomic mass is 9.96. The fourth-order valence-corrected chi connectivity index (χ4v) is 2.60. The molecule has 2 N–H and O–H groups in total. The van der Waals surface area contributed by atoms with Gasteiger partial charge in [0.15, 0.2) is 0 Å². The average Bonchev–Trinajstić information content (AvgIpc) is 2.57. The van der Waals surface area contributed by atoms with Crippen molar-refractivity contribution in [3.63, 3.8) is 0 Å². The molecule has 2 aromatic carbocycles. The molecule has 24 heavy (non-hydrogen) atoms. The first-order valence-corrected chi connectivity index (χ1v) is 7.23. The Morgan fingerprint density at radius 2 is 1.75 bits per heavy atom. The Morgan fingerprint density at radius 3 is 2.46 bits per heavy atom. The number of hydrogen-bond acceptors (Lipinski definition) is 3. The van der Waals surface area contributed by atoms with Gasteiger partial charge in [-0.25, -0.2) is 13.8 Å².